The molecule has 1 aromatic carbocycles. The quantitative estimate of drug-likeness (QED) is 0.792. The number of rotatable bonds is 4. The Kier molecular flexibility index (Phi) is 4.43. The van der Waals surface area contributed by atoms with Crippen molar-refractivity contribution in [1.29, 1.82) is 0 Å². The second-order valence-corrected chi connectivity index (χ2v) is 5.08. The zero-order valence-electron chi connectivity index (χ0n) is 10.8. The number of likely N-dealkylation sites (tertiary alicyclic amines) is 1. The number of methoxy groups -OCH3 is 1. The molecule has 102 valence electrons. The number of nitrogens with zero attached hydrogens (tertiary/aromatic N) is 1. The number of carbonyl (C=O) groups is 2. The van der Waals surface area contributed by atoms with Crippen LogP contribution in [0.15, 0.2) is 24.3 Å². The van der Waals surface area contributed by atoms with Crippen LogP contribution in [0.2, 0.25) is 5.02 Å². The van der Waals surface area contributed by atoms with Gasteiger partial charge in [0.25, 0.3) is 0 Å². The Bertz CT molecular complexity index is 472. The van der Waals surface area contributed by atoms with Gasteiger partial charge in [0.05, 0.1) is 13.0 Å². The highest BCUT2D eigenvalue weighted by atomic mass is 35.5. The molecule has 1 aliphatic rings. The lowest BCUT2D eigenvalue weighted by Crippen LogP contribution is -2.28. The van der Waals surface area contributed by atoms with E-state index in [-0.39, 0.29) is 24.2 Å². The first kappa shape index (κ1) is 13.9. The van der Waals surface area contributed by atoms with Crippen LogP contribution in [0.25, 0.3) is 0 Å². The van der Waals surface area contributed by atoms with Gasteiger partial charge in [-0.05, 0) is 24.1 Å². The van der Waals surface area contributed by atoms with E-state index in [1.165, 1.54) is 7.11 Å². The first-order chi connectivity index (χ1) is 9.10. The first-order valence-corrected chi connectivity index (χ1v) is 6.58. The molecule has 1 unspecified atom stereocenters. The van der Waals surface area contributed by atoms with Gasteiger partial charge in [0.2, 0.25) is 5.91 Å². The third kappa shape index (κ3) is 3.47. The van der Waals surface area contributed by atoms with Gasteiger partial charge in [-0.3, -0.25) is 9.59 Å². The van der Waals surface area contributed by atoms with Crippen LogP contribution in [-0.4, -0.2) is 37.0 Å². The molecule has 2 rings (SSSR count). The predicted octanol–water partition coefficient (Wildman–Crippen LogP) is 1.90. The molecule has 0 aliphatic carbocycles. The molecule has 5 heteroatoms. The van der Waals surface area contributed by atoms with Crippen LogP contribution < -0.4 is 0 Å². The van der Waals surface area contributed by atoms with E-state index < -0.39 is 0 Å². The molecule has 0 saturated carbocycles. The normalized spacial score (nSPS) is 18.7. The van der Waals surface area contributed by atoms with E-state index in [9.17, 15) is 9.59 Å². The van der Waals surface area contributed by atoms with E-state index in [2.05, 4.69) is 4.74 Å². The van der Waals surface area contributed by atoms with Gasteiger partial charge in [0.15, 0.2) is 0 Å². The van der Waals surface area contributed by atoms with Crippen molar-refractivity contribution in [1.82, 2.24) is 4.90 Å². The van der Waals surface area contributed by atoms with Gasteiger partial charge in [-0.15, -0.1) is 0 Å². The van der Waals surface area contributed by atoms with Crippen molar-refractivity contribution in [2.75, 3.05) is 20.2 Å². The SMILES string of the molecule is COC(=O)C1CC(=O)N(CCc2ccc(Cl)cc2)C1. The largest absolute Gasteiger partial charge is 0.469 e. The highest BCUT2D eigenvalue weighted by molar-refractivity contribution is 6.30. The zero-order chi connectivity index (χ0) is 13.8. The smallest absolute Gasteiger partial charge is 0.310 e. The molecule has 1 fully saturated rings. The van der Waals surface area contributed by atoms with Crippen LogP contribution in [0.1, 0.15) is 12.0 Å². The molecular formula is C14H16ClNO3. The summed E-state index contributed by atoms with van der Waals surface area (Å²) < 4.78 is 4.67. The van der Waals surface area contributed by atoms with E-state index in [0.717, 1.165) is 12.0 Å². The topological polar surface area (TPSA) is 46.6 Å². The summed E-state index contributed by atoms with van der Waals surface area (Å²) in [5.41, 5.74) is 1.12. The van der Waals surface area contributed by atoms with Crippen LogP contribution in [-0.2, 0) is 20.7 Å². The molecular weight excluding hydrogens is 266 g/mol. The van der Waals surface area contributed by atoms with Gasteiger partial charge in [-0.2, -0.15) is 0 Å². The molecule has 0 bridgehead atoms. The molecule has 1 aromatic rings. The van der Waals surface area contributed by atoms with Gasteiger partial charge < -0.3 is 9.64 Å². The molecule has 0 spiro atoms. The van der Waals surface area contributed by atoms with E-state index in [1.807, 2.05) is 24.3 Å². The number of carbonyl (C=O) groups excluding carboxylic acids is 2. The lowest BCUT2D eigenvalue weighted by Gasteiger charge is -2.16. The molecule has 1 heterocycles. The summed E-state index contributed by atoms with van der Waals surface area (Å²) in [6, 6.07) is 7.56. The van der Waals surface area contributed by atoms with E-state index >= 15 is 0 Å². The summed E-state index contributed by atoms with van der Waals surface area (Å²) in [6.07, 6.45) is 1.02. The van der Waals surface area contributed by atoms with Gasteiger partial charge in [0.1, 0.15) is 0 Å². The molecule has 1 atom stereocenters. The highest BCUT2D eigenvalue weighted by Gasteiger charge is 2.34. The Morgan fingerprint density at radius 3 is 2.74 bits per heavy atom. The van der Waals surface area contributed by atoms with E-state index in [1.54, 1.807) is 4.90 Å². The van der Waals surface area contributed by atoms with Crippen molar-refractivity contribution in [2.45, 2.75) is 12.8 Å². The van der Waals surface area contributed by atoms with Crippen molar-refractivity contribution in [3.05, 3.63) is 34.9 Å². The summed E-state index contributed by atoms with van der Waals surface area (Å²) in [5.74, 6) is -0.602. The minimum Gasteiger partial charge on any atom is -0.469 e. The Labute approximate surface area is 117 Å². The van der Waals surface area contributed by atoms with Crippen LogP contribution in [0, 0.1) is 5.92 Å². The van der Waals surface area contributed by atoms with E-state index in [0.29, 0.717) is 18.1 Å². The minimum atomic E-state index is -0.317. The Morgan fingerprint density at radius 2 is 2.11 bits per heavy atom. The lowest BCUT2D eigenvalue weighted by atomic mass is 10.1. The summed E-state index contributed by atoms with van der Waals surface area (Å²) in [6.45, 7) is 1.08. The standard InChI is InChI=1S/C14H16ClNO3/c1-19-14(18)11-8-13(17)16(9-11)7-6-10-2-4-12(15)5-3-10/h2-5,11H,6-9H2,1H3. The number of benzene rings is 1. The minimum absolute atomic E-state index is 0.0179. The Balaban J connectivity index is 1.88. The number of amides is 1. The highest BCUT2D eigenvalue weighted by Crippen LogP contribution is 2.19. The third-order valence-electron chi connectivity index (χ3n) is 3.33. The lowest BCUT2D eigenvalue weighted by molar-refractivity contribution is -0.145. The van der Waals surface area contributed by atoms with Gasteiger partial charge >= 0.3 is 5.97 Å². The molecule has 1 aliphatic heterocycles. The number of hydrogen-bond acceptors (Lipinski definition) is 3. The predicted molar refractivity (Wildman–Crippen MR) is 71.9 cm³/mol. The van der Waals surface area contributed by atoms with Crippen molar-refractivity contribution in [2.24, 2.45) is 5.92 Å². The van der Waals surface area contributed by atoms with Crippen LogP contribution in [0.4, 0.5) is 0 Å². The molecule has 1 amide bonds. The maximum Gasteiger partial charge on any atom is 0.310 e. The first-order valence-electron chi connectivity index (χ1n) is 6.20. The maximum atomic E-state index is 11.8. The number of ether oxygens (including phenoxy) is 1. The molecule has 19 heavy (non-hydrogen) atoms. The molecule has 1 saturated heterocycles. The fourth-order valence-corrected chi connectivity index (χ4v) is 2.35. The summed E-state index contributed by atoms with van der Waals surface area (Å²) >= 11 is 5.82. The van der Waals surface area contributed by atoms with Crippen LogP contribution in [0.5, 0.6) is 0 Å². The van der Waals surface area contributed by atoms with E-state index in [4.69, 9.17) is 11.6 Å². The average molecular weight is 282 g/mol. The van der Waals surface area contributed by atoms with Gasteiger partial charge in [0, 0.05) is 24.5 Å². The second kappa shape index (κ2) is 6.06. The van der Waals surface area contributed by atoms with Gasteiger partial charge in [-0.25, -0.2) is 0 Å². The molecule has 4 nitrogen and oxygen atoms in total. The maximum absolute atomic E-state index is 11.8. The van der Waals surface area contributed by atoms with Crippen LogP contribution in [0.3, 0.4) is 0 Å². The third-order valence-corrected chi connectivity index (χ3v) is 3.58. The monoisotopic (exact) mass is 281 g/mol. The number of hydrogen-bond donors (Lipinski definition) is 0. The fourth-order valence-electron chi connectivity index (χ4n) is 2.23. The van der Waals surface area contributed by atoms with Crippen molar-refractivity contribution in [3.8, 4) is 0 Å². The van der Waals surface area contributed by atoms with Crippen molar-refractivity contribution < 1.29 is 14.3 Å². The summed E-state index contributed by atoms with van der Waals surface area (Å²) in [5, 5.41) is 0.701. The Morgan fingerprint density at radius 1 is 1.42 bits per heavy atom. The molecule has 0 N–H and O–H groups in total. The summed E-state index contributed by atoms with van der Waals surface area (Å²) in [7, 11) is 1.35. The average Bonchev–Trinajstić information content (AvgIpc) is 2.79. The van der Waals surface area contributed by atoms with Crippen molar-refractivity contribution in [3.63, 3.8) is 0 Å². The summed E-state index contributed by atoms with van der Waals surface area (Å²) in [4.78, 5) is 24.9. The fraction of sp³-hybridized carbons (Fsp3) is 0.429. The molecule has 0 aromatic heterocycles. The number of esters is 1. The molecule has 0 radical (unpaired) electrons. The van der Waals surface area contributed by atoms with Crippen LogP contribution >= 0.6 is 11.6 Å². The Hall–Kier alpha value is -1.55. The second-order valence-electron chi connectivity index (χ2n) is 4.64. The van der Waals surface area contributed by atoms with Crippen molar-refractivity contribution >= 4 is 23.5 Å². The van der Waals surface area contributed by atoms with Gasteiger partial charge in [-0.1, -0.05) is 23.7 Å². The zero-order valence-corrected chi connectivity index (χ0v) is 11.5. The number of halogens is 1.